The van der Waals surface area contributed by atoms with Crippen molar-refractivity contribution in [3.63, 3.8) is 0 Å². The summed E-state index contributed by atoms with van der Waals surface area (Å²) in [5.74, 6) is 0. The molecule has 0 amide bonds. The summed E-state index contributed by atoms with van der Waals surface area (Å²) in [4.78, 5) is 9.96. The van der Waals surface area contributed by atoms with Crippen LogP contribution in [0.1, 0.15) is 83.5 Å². The van der Waals surface area contributed by atoms with E-state index in [1.54, 1.807) is 0 Å². The number of allylic oxidation sites excluding steroid dienone is 14. The Morgan fingerprint density at radius 3 is 2.63 bits per heavy atom. The van der Waals surface area contributed by atoms with Crippen molar-refractivity contribution in [3.05, 3.63) is 154 Å². The van der Waals surface area contributed by atoms with E-state index >= 15 is 0 Å². The van der Waals surface area contributed by atoms with Crippen LogP contribution in [0.15, 0.2) is 143 Å². The molecule has 3 heteroatoms. The summed E-state index contributed by atoms with van der Waals surface area (Å²) in [5.41, 5.74) is 15.6. The minimum atomic E-state index is 0.806. The Morgan fingerprint density at radius 1 is 1.07 bits per heavy atom. The predicted octanol–water partition coefficient (Wildman–Crippen LogP) is 10.8. The molecular formula is C40H43N3. The number of rotatable bonds is 9. The fraction of sp³-hybridized carbons (Fsp3) is 0.250. The molecule has 2 aliphatic carbocycles. The van der Waals surface area contributed by atoms with Gasteiger partial charge in [-0.2, -0.15) is 0 Å². The normalized spacial score (nSPS) is 18.3. The molecule has 0 unspecified atom stereocenters. The van der Waals surface area contributed by atoms with Crippen LogP contribution in [0.2, 0.25) is 0 Å². The molecule has 43 heavy (non-hydrogen) atoms. The molecular weight excluding hydrogens is 522 g/mol. The largest absolute Gasteiger partial charge is 0.306 e. The summed E-state index contributed by atoms with van der Waals surface area (Å²) in [6.07, 6.45) is 24.7. The second kappa shape index (κ2) is 13.6. The van der Waals surface area contributed by atoms with E-state index in [1.165, 1.54) is 39.0 Å². The van der Waals surface area contributed by atoms with Crippen LogP contribution in [0.4, 0.5) is 0 Å². The van der Waals surface area contributed by atoms with E-state index in [2.05, 4.69) is 88.9 Å². The summed E-state index contributed by atoms with van der Waals surface area (Å²) in [5, 5.41) is 0. The van der Waals surface area contributed by atoms with E-state index in [0.29, 0.717) is 0 Å². The Bertz CT molecular complexity index is 1760. The van der Waals surface area contributed by atoms with Gasteiger partial charge in [-0.1, -0.05) is 87.6 Å². The van der Waals surface area contributed by atoms with Gasteiger partial charge in [-0.15, -0.1) is 0 Å². The zero-order valence-corrected chi connectivity index (χ0v) is 26.3. The second-order valence-electron chi connectivity index (χ2n) is 11.1. The van der Waals surface area contributed by atoms with E-state index in [1.807, 2.05) is 54.1 Å². The van der Waals surface area contributed by atoms with Crippen LogP contribution in [-0.2, 0) is 0 Å². The van der Waals surface area contributed by atoms with E-state index < -0.39 is 0 Å². The summed E-state index contributed by atoms with van der Waals surface area (Å²) < 4.78 is 2.03. The Kier molecular flexibility index (Phi) is 9.51. The van der Waals surface area contributed by atoms with Crippen molar-refractivity contribution in [2.24, 2.45) is 4.99 Å². The van der Waals surface area contributed by atoms with Gasteiger partial charge in [-0.3, -0.25) is 4.99 Å². The first-order chi connectivity index (χ1) is 21.0. The number of imidazole rings is 1. The highest BCUT2D eigenvalue weighted by atomic mass is 15.0. The van der Waals surface area contributed by atoms with Gasteiger partial charge in [0.2, 0.25) is 0 Å². The Balaban J connectivity index is 1.57. The number of pyridine rings is 1. The lowest BCUT2D eigenvalue weighted by atomic mass is 9.75. The van der Waals surface area contributed by atoms with Gasteiger partial charge in [0.25, 0.3) is 0 Å². The van der Waals surface area contributed by atoms with Crippen LogP contribution in [0, 0.1) is 0 Å². The van der Waals surface area contributed by atoms with Crippen LogP contribution < -0.4 is 0 Å². The number of hydrogen-bond donors (Lipinski definition) is 0. The lowest BCUT2D eigenvalue weighted by Crippen LogP contribution is -2.10. The highest BCUT2D eigenvalue weighted by molar-refractivity contribution is 6.01. The topological polar surface area (TPSA) is 29.7 Å². The average molecular weight is 566 g/mol. The molecule has 2 heterocycles. The number of fused-ring (bicyclic) bond motifs is 2. The van der Waals surface area contributed by atoms with Crippen molar-refractivity contribution in [1.29, 1.82) is 0 Å². The van der Waals surface area contributed by atoms with E-state index in [4.69, 9.17) is 9.98 Å². The maximum absolute atomic E-state index is 5.11. The zero-order valence-electron chi connectivity index (χ0n) is 26.3. The van der Waals surface area contributed by atoms with Crippen molar-refractivity contribution < 1.29 is 0 Å². The SMILES string of the molecule is C=C/C(N=C(C)c1cccc(/C(CC)=C2\CC=C3CC=CC(CCC)=C3\C2=C\C)c1)=C(\C=C/C)c1cn2ccccc2n1. The third-order valence-electron chi connectivity index (χ3n) is 8.33. The van der Waals surface area contributed by atoms with E-state index in [0.717, 1.165) is 66.0 Å². The minimum absolute atomic E-state index is 0.806. The molecule has 0 saturated carbocycles. The first kappa shape index (κ1) is 30.0. The zero-order chi connectivity index (χ0) is 30.3. The molecule has 3 nitrogen and oxygen atoms in total. The fourth-order valence-corrected chi connectivity index (χ4v) is 6.34. The van der Waals surface area contributed by atoms with Crippen LogP contribution in [0.25, 0.3) is 16.8 Å². The molecule has 0 bridgehead atoms. The van der Waals surface area contributed by atoms with Crippen LogP contribution in [0.3, 0.4) is 0 Å². The molecule has 0 saturated heterocycles. The van der Waals surface area contributed by atoms with Crippen molar-refractivity contribution in [3.8, 4) is 0 Å². The molecule has 1 aromatic carbocycles. The highest BCUT2D eigenvalue weighted by Gasteiger charge is 2.25. The Morgan fingerprint density at radius 2 is 1.91 bits per heavy atom. The summed E-state index contributed by atoms with van der Waals surface area (Å²) in [6.45, 7) is 15.0. The molecule has 0 radical (unpaired) electrons. The van der Waals surface area contributed by atoms with Gasteiger partial charge >= 0.3 is 0 Å². The third kappa shape index (κ3) is 6.17. The van der Waals surface area contributed by atoms with E-state index in [9.17, 15) is 0 Å². The minimum Gasteiger partial charge on any atom is -0.306 e. The first-order valence-electron chi connectivity index (χ1n) is 15.6. The average Bonchev–Trinajstić information content (AvgIpc) is 3.47. The van der Waals surface area contributed by atoms with Gasteiger partial charge < -0.3 is 4.40 Å². The van der Waals surface area contributed by atoms with Gasteiger partial charge in [0.1, 0.15) is 5.65 Å². The molecule has 2 aliphatic rings. The van der Waals surface area contributed by atoms with Crippen LogP contribution in [0.5, 0.6) is 0 Å². The first-order valence-corrected chi connectivity index (χ1v) is 15.6. The molecule has 0 fully saturated rings. The van der Waals surface area contributed by atoms with Crippen molar-refractivity contribution >= 4 is 22.5 Å². The second-order valence-corrected chi connectivity index (χ2v) is 11.1. The summed E-state index contributed by atoms with van der Waals surface area (Å²) in [7, 11) is 0. The maximum Gasteiger partial charge on any atom is 0.137 e. The number of hydrogen-bond acceptors (Lipinski definition) is 2. The summed E-state index contributed by atoms with van der Waals surface area (Å²) in [6, 6.07) is 14.9. The van der Waals surface area contributed by atoms with Gasteiger partial charge in [-0.05, 0) is 115 Å². The molecule has 218 valence electrons. The van der Waals surface area contributed by atoms with Gasteiger partial charge in [-0.25, -0.2) is 4.98 Å². The van der Waals surface area contributed by atoms with Crippen molar-refractivity contribution in [2.45, 2.75) is 66.7 Å². The molecule has 0 aliphatic heterocycles. The summed E-state index contributed by atoms with van der Waals surface area (Å²) >= 11 is 0. The highest BCUT2D eigenvalue weighted by Crippen LogP contribution is 2.44. The molecule has 0 spiro atoms. The number of nitrogens with zero attached hydrogens (tertiary/aromatic N) is 3. The van der Waals surface area contributed by atoms with Crippen molar-refractivity contribution in [2.75, 3.05) is 0 Å². The number of aromatic nitrogens is 2. The predicted molar refractivity (Wildman–Crippen MR) is 185 cm³/mol. The lowest BCUT2D eigenvalue weighted by molar-refractivity contribution is 0.898. The molecule has 0 atom stereocenters. The quantitative estimate of drug-likeness (QED) is 0.187. The van der Waals surface area contributed by atoms with Crippen molar-refractivity contribution in [1.82, 2.24) is 9.38 Å². The van der Waals surface area contributed by atoms with Gasteiger partial charge in [0, 0.05) is 23.7 Å². The van der Waals surface area contributed by atoms with Crippen LogP contribution in [-0.4, -0.2) is 15.1 Å². The fourth-order valence-electron chi connectivity index (χ4n) is 6.34. The smallest absolute Gasteiger partial charge is 0.137 e. The molecule has 0 N–H and O–H groups in total. The van der Waals surface area contributed by atoms with Gasteiger partial charge in [0.15, 0.2) is 0 Å². The van der Waals surface area contributed by atoms with E-state index in [-0.39, 0.29) is 0 Å². The van der Waals surface area contributed by atoms with Crippen LogP contribution >= 0.6 is 0 Å². The molecule has 2 aromatic heterocycles. The standard InChI is InChI=1S/C40H43N3/c1-7-16-29-18-14-19-30-23-24-35(34(10-4)40(29)30)33(9-3)32-21-15-20-31(26-32)28(6)41-37(11-5)36(17-8-2)38-27-43-25-13-12-22-39(43)42-38/h8,10-15,17-18,20-23,25-27H,5,7,9,16,19,24H2,1-4,6H3/b17-8-,34-10+,35-33+,37-36-,41-28?. The maximum atomic E-state index is 5.11. The number of aliphatic imine (C=N–C) groups is 1. The third-order valence-corrected chi connectivity index (χ3v) is 8.33. The number of benzene rings is 1. The molecule has 3 aromatic rings. The molecule has 5 rings (SSSR count). The Labute approximate surface area is 257 Å². The monoisotopic (exact) mass is 565 g/mol. The van der Waals surface area contributed by atoms with Gasteiger partial charge in [0.05, 0.1) is 11.4 Å². The Hall–Kier alpha value is -4.50. The lowest BCUT2D eigenvalue weighted by Gasteiger charge is -2.29.